The average Bonchev–Trinajstić information content (AvgIpc) is 2.38. The number of ether oxygens (including phenoxy) is 2. The molecule has 0 heterocycles. The minimum Gasteiger partial charge on any atom is -0.458 e. The maximum atomic E-state index is 11.1. The molecule has 0 radical (unpaired) electrons. The number of aliphatic hydroxyl groups excluding tert-OH is 1. The molecule has 1 N–H and O–H groups in total. The maximum Gasteiger partial charge on any atom is 0.303 e. The van der Waals surface area contributed by atoms with Crippen LogP contribution in [0.2, 0.25) is 0 Å². The molecule has 1 rings (SSSR count). The summed E-state index contributed by atoms with van der Waals surface area (Å²) in [6, 6.07) is -1.90. The first-order valence-electron chi connectivity index (χ1n) is 6.01. The molecule has 1 aliphatic carbocycles. The molecule has 0 aromatic heterocycles. The molecule has 21 heavy (non-hydrogen) atoms. The molecule has 0 saturated heterocycles. The number of azide groups is 2. The van der Waals surface area contributed by atoms with Gasteiger partial charge in [-0.1, -0.05) is 10.2 Å². The highest BCUT2D eigenvalue weighted by Crippen LogP contribution is 2.30. The second kappa shape index (κ2) is 7.34. The van der Waals surface area contributed by atoms with Gasteiger partial charge >= 0.3 is 11.9 Å². The maximum absolute atomic E-state index is 11.1. The highest BCUT2D eigenvalue weighted by atomic mass is 16.6. The van der Waals surface area contributed by atoms with E-state index in [1.54, 1.807) is 0 Å². The van der Waals surface area contributed by atoms with Crippen LogP contribution in [-0.2, 0) is 19.1 Å². The number of hydrogen-bond acceptors (Lipinski definition) is 7. The van der Waals surface area contributed by atoms with E-state index >= 15 is 0 Å². The minimum absolute atomic E-state index is 0.0367. The van der Waals surface area contributed by atoms with Crippen LogP contribution in [0.1, 0.15) is 20.3 Å². The highest BCUT2D eigenvalue weighted by Gasteiger charge is 2.47. The van der Waals surface area contributed by atoms with Gasteiger partial charge in [-0.25, -0.2) is 0 Å². The smallest absolute Gasteiger partial charge is 0.303 e. The number of aliphatic hydroxyl groups is 1. The van der Waals surface area contributed by atoms with Gasteiger partial charge in [-0.15, -0.1) is 0 Å². The summed E-state index contributed by atoms with van der Waals surface area (Å²) >= 11 is 0. The fourth-order valence-corrected chi connectivity index (χ4v) is 2.18. The van der Waals surface area contributed by atoms with Crippen LogP contribution in [0.5, 0.6) is 0 Å². The molecule has 0 amide bonds. The lowest BCUT2D eigenvalue weighted by Crippen LogP contribution is -2.57. The van der Waals surface area contributed by atoms with Crippen LogP contribution in [0, 0.1) is 0 Å². The molecule has 0 aromatic rings. The molecule has 0 spiro atoms. The third-order valence-corrected chi connectivity index (χ3v) is 2.92. The summed E-state index contributed by atoms with van der Waals surface area (Å²) in [5, 5.41) is 17.0. The molecular formula is C10H14N6O5. The van der Waals surface area contributed by atoms with Crippen molar-refractivity contribution < 1.29 is 24.2 Å². The number of hydrogen-bond donors (Lipinski definition) is 1. The lowest BCUT2D eigenvalue weighted by atomic mass is 9.84. The van der Waals surface area contributed by atoms with Gasteiger partial charge in [0.05, 0.1) is 12.1 Å². The van der Waals surface area contributed by atoms with Crippen LogP contribution >= 0.6 is 0 Å². The van der Waals surface area contributed by atoms with Crippen molar-refractivity contribution in [1.29, 1.82) is 0 Å². The van der Waals surface area contributed by atoms with Crippen molar-refractivity contribution in [2.24, 2.45) is 10.2 Å². The summed E-state index contributed by atoms with van der Waals surface area (Å²) in [5.41, 5.74) is 17.0. The summed E-state index contributed by atoms with van der Waals surface area (Å²) in [6.07, 6.45) is -3.85. The van der Waals surface area contributed by atoms with Crippen LogP contribution in [-0.4, -0.2) is 47.4 Å². The quantitative estimate of drug-likeness (QED) is 0.352. The lowest BCUT2D eigenvalue weighted by Gasteiger charge is -2.40. The van der Waals surface area contributed by atoms with Crippen LogP contribution in [0.4, 0.5) is 0 Å². The van der Waals surface area contributed by atoms with E-state index in [-0.39, 0.29) is 6.42 Å². The molecular weight excluding hydrogens is 284 g/mol. The molecule has 5 atom stereocenters. The number of nitrogens with zero attached hydrogens (tertiary/aromatic N) is 6. The first-order valence-corrected chi connectivity index (χ1v) is 6.01. The third kappa shape index (κ3) is 4.25. The zero-order chi connectivity index (χ0) is 16.0. The van der Waals surface area contributed by atoms with Gasteiger partial charge in [0.2, 0.25) is 0 Å². The molecule has 0 aromatic carbocycles. The van der Waals surface area contributed by atoms with Gasteiger partial charge in [0.1, 0.15) is 12.2 Å². The van der Waals surface area contributed by atoms with E-state index < -0.39 is 42.3 Å². The van der Waals surface area contributed by atoms with Gasteiger partial charge in [-0.2, -0.15) is 0 Å². The molecule has 114 valence electrons. The number of rotatable bonds is 4. The largest absolute Gasteiger partial charge is 0.458 e. The Morgan fingerprint density at radius 1 is 1.05 bits per heavy atom. The van der Waals surface area contributed by atoms with Crippen LogP contribution in [0.25, 0.3) is 20.9 Å². The highest BCUT2D eigenvalue weighted by molar-refractivity contribution is 5.67. The van der Waals surface area contributed by atoms with Gasteiger partial charge < -0.3 is 14.6 Å². The van der Waals surface area contributed by atoms with Crippen LogP contribution < -0.4 is 0 Å². The molecule has 1 fully saturated rings. The van der Waals surface area contributed by atoms with Gasteiger partial charge in [-0.05, 0) is 17.5 Å². The van der Waals surface area contributed by atoms with E-state index in [1.807, 2.05) is 0 Å². The molecule has 1 unspecified atom stereocenters. The van der Waals surface area contributed by atoms with Crippen molar-refractivity contribution in [2.45, 2.75) is 50.7 Å². The predicted molar refractivity (Wildman–Crippen MR) is 67.6 cm³/mol. The van der Waals surface area contributed by atoms with E-state index in [0.717, 1.165) is 13.8 Å². The van der Waals surface area contributed by atoms with E-state index in [4.69, 9.17) is 20.5 Å². The van der Waals surface area contributed by atoms with Gasteiger partial charge in [0, 0.05) is 23.7 Å². The summed E-state index contributed by atoms with van der Waals surface area (Å²) in [5.74, 6) is -1.41. The molecule has 1 aliphatic rings. The molecule has 11 heteroatoms. The van der Waals surface area contributed by atoms with Crippen LogP contribution in [0.15, 0.2) is 10.2 Å². The van der Waals surface area contributed by atoms with E-state index in [1.165, 1.54) is 0 Å². The Hall–Kier alpha value is -2.48. The Kier molecular flexibility index (Phi) is 5.79. The van der Waals surface area contributed by atoms with E-state index in [9.17, 15) is 14.7 Å². The fraction of sp³-hybridized carbons (Fsp3) is 0.800. The zero-order valence-corrected chi connectivity index (χ0v) is 11.4. The van der Waals surface area contributed by atoms with Gasteiger partial charge in [0.25, 0.3) is 0 Å². The summed E-state index contributed by atoms with van der Waals surface area (Å²) in [6.45, 7) is 2.24. The standard InChI is InChI=1S/C10H14N6O5/c1-4(17)20-9-7(14-16-12)3-6(13-15-11)8(19)10(9)21-5(2)18/h6-10,19H,3H2,1-2H3/t6-,7+,8+,9-,10?/m0/s1. The van der Waals surface area contributed by atoms with E-state index in [2.05, 4.69) is 20.1 Å². The van der Waals surface area contributed by atoms with Crippen molar-refractivity contribution in [3.8, 4) is 0 Å². The summed E-state index contributed by atoms with van der Waals surface area (Å²) in [7, 11) is 0. The van der Waals surface area contributed by atoms with Crippen molar-refractivity contribution in [3.63, 3.8) is 0 Å². The van der Waals surface area contributed by atoms with E-state index in [0.29, 0.717) is 0 Å². The van der Waals surface area contributed by atoms with Gasteiger partial charge in [0.15, 0.2) is 6.10 Å². The van der Waals surface area contributed by atoms with Crippen molar-refractivity contribution in [2.75, 3.05) is 0 Å². The molecule has 0 bridgehead atoms. The first-order chi connectivity index (χ1) is 9.90. The van der Waals surface area contributed by atoms with Crippen molar-refractivity contribution in [3.05, 3.63) is 20.9 Å². The second-order valence-electron chi connectivity index (χ2n) is 4.42. The Morgan fingerprint density at radius 3 is 2.00 bits per heavy atom. The predicted octanol–water partition coefficient (Wildman–Crippen LogP) is 0.972. The summed E-state index contributed by atoms with van der Waals surface area (Å²) < 4.78 is 9.93. The van der Waals surface area contributed by atoms with Crippen molar-refractivity contribution >= 4 is 11.9 Å². The Bertz CT molecular complexity index is 512. The fourth-order valence-electron chi connectivity index (χ4n) is 2.18. The first kappa shape index (κ1) is 16.6. The van der Waals surface area contributed by atoms with Crippen LogP contribution in [0.3, 0.4) is 0 Å². The zero-order valence-electron chi connectivity index (χ0n) is 11.4. The van der Waals surface area contributed by atoms with Crippen molar-refractivity contribution in [1.82, 2.24) is 0 Å². The number of carbonyl (C=O) groups is 2. The van der Waals surface area contributed by atoms with Gasteiger partial charge in [-0.3, -0.25) is 9.59 Å². The SMILES string of the molecule is CC(=O)OC1[C@@H](OC(C)=O)[C@H](N=[N+]=[N-])C[C@H](N=[N+]=[N-])[C@H]1O. The average molecular weight is 298 g/mol. The molecule has 0 aliphatic heterocycles. The minimum atomic E-state index is -1.38. The lowest BCUT2D eigenvalue weighted by molar-refractivity contribution is -0.184. The molecule has 11 nitrogen and oxygen atoms in total. The second-order valence-corrected chi connectivity index (χ2v) is 4.42. The number of carbonyl (C=O) groups excluding carboxylic acids is 2. The Morgan fingerprint density at radius 2 is 1.52 bits per heavy atom. The monoisotopic (exact) mass is 298 g/mol. The Labute approximate surface area is 119 Å². The third-order valence-electron chi connectivity index (χ3n) is 2.92. The Balaban J connectivity index is 3.17. The molecule has 1 saturated carbocycles. The number of esters is 2. The summed E-state index contributed by atoms with van der Waals surface area (Å²) in [4.78, 5) is 27.5. The topological polar surface area (TPSA) is 170 Å². The normalized spacial score (nSPS) is 31.3.